The molecular formula is C16H22N2O. The summed E-state index contributed by atoms with van der Waals surface area (Å²) in [6, 6.07) is 5.62. The van der Waals surface area contributed by atoms with Crippen molar-refractivity contribution in [1.29, 1.82) is 0 Å². The van der Waals surface area contributed by atoms with Crippen LogP contribution in [0.5, 0.6) is 0 Å². The molecule has 3 nitrogen and oxygen atoms in total. The van der Waals surface area contributed by atoms with Crippen molar-refractivity contribution in [3.05, 3.63) is 29.3 Å². The van der Waals surface area contributed by atoms with E-state index in [1.165, 1.54) is 25.7 Å². The van der Waals surface area contributed by atoms with E-state index < -0.39 is 0 Å². The van der Waals surface area contributed by atoms with Gasteiger partial charge in [0.25, 0.3) is 5.91 Å². The average molecular weight is 258 g/mol. The molecule has 0 saturated heterocycles. The fourth-order valence-electron chi connectivity index (χ4n) is 3.07. The van der Waals surface area contributed by atoms with Crippen molar-refractivity contribution in [3.8, 4) is 0 Å². The van der Waals surface area contributed by atoms with Crippen LogP contribution >= 0.6 is 0 Å². The third kappa shape index (κ3) is 2.75. The first-order valence-corrected chi connectivity index (χ1v) is 7.30. The first-order chi connectivity index (χ1) is 9.16. The standard InChI is InChI=1S/C16H22N2O/c1-10-3-2-4-14(17)15(10)16(19)18-9-13(11-5-6-11)12-7-8-12/h2-4,11-13H,5-9,17H2,1H3,(H,18,19). The van der Waals surface area contributed by atoms with Gasteiger partial charge in [-0.15, -0.1) is 0 Å². The van der Waals surface area contributed by atoms with Gasteiger partial charge in [0.15, 0.2) is 0 Å². The molecule has 0 radical (unpaired) electrons. The van der Waals surface area contributed by atoms with Gasteiger partial charge in [0.2, 0.25) is 0 Å². The number of hydrogen-bond donors (Lipinski definition) is 2. The molecule has 102 valence electrons. The fourth-order valence-corrected chi connectivity index (χ4v) is 3.07. The van der Waals surface area contributed by atoms with Gasteiger partial charge in [-0.2, -0.15) is 0 Å². The Kier molecular flexibility index (Phi) is 3.21. The molecule has 0 bridgehead atoms. The van der Waals surface area contributed by atoms with Crippen LogP contribution in [0.1, 0.15) is 41.6 Å². The number of benzene rings is 1. The zero-order valence-electron chi connectivity index (χ0n) is 11.5. The molecular weight excluding hydrogens is 236 g/mol. The molecule has 2 saturated carbocycles. The molecule has 0 spiro atoms. The van der Waals surface area contributed by atoms with Gasteiger partial charge in [-0.1, -0.05) is 12.1 Å². The van der Waals surface area contributed by atoms with Crippen LogP contribution in [0.4, 0.5) is 5.69 Å². The normalized spacial score (nSPS) is 18.6. The molecule has 0 aromatic heterocycles. The van der Waals surface area contributed by atoms with Crippen LogP contribution in [0.2, 0.25) is 0 Å². The summed E-state index contributed by atoms with van der Waals surface area (Å²) < 4.78 is 0. The SMILES string of the molecule is Cc1cccc(N)c1C(=O)NCC(C1CC1)C1CC1. The minimum Gasteiger partial charge on any atom is -0.398 e. The summed E-state index contributed by atoms with van der Waals surface area (Å²) >= 11 is 0. The fraction of sp³-hybridized carbons (Fsp3) is 0.562. The summed E-state index contributed by atoms with van der Waals surface area (Å²) in [7, 11) is 0. The van der Waals surface area contributed by atoms with E-state index in [0.717, 1.165) is 23.9 Å². The quantitative estimate of drug-likeness (QED) is 0.798. The second-order valence-electron chi connectivity index (χ2n) is 6.09. The predicted molar refractivity (Wildman–Crippen MR) is 76.9 cm³/mol. The third-order valence-corrected chi connectivity index (χ3v) is 4.49. The van der Waals surface area contributed by atoms with Gasteiger partial charge >= 0.3 is 0 Å². The second-order valence-corrected chi connectivity index (χ2v) is 6.09. The van der Waals surface area contributed by atoms with Crippen molar-refractivity contribution in [2.75, 3.05) is 12.3 Å². The van der Waals surface area contributed by atoms with Crippen LogP contribution in [0.15, 0.2) is 18.2 Å². The maximum atomic E-state index is 12.3. The summed E-state index contributed by atoms with van der Waals surface area (Å²) in [6.45, 7) is 2.76. The van der Waals surface area contributed by atoms with Gasteiger partial charge in [0.1, 0.15) is 0 Å². The summed E-state index contributed by atoms with van der Waals surface area (Å²) in [4.78, 5) is 12.3. The first kappa shape index (κ1) is 12.5. The highest BCUT2D eigenvalue weighted by molar-refractivity contribution is 6.00. The van der Waals surface area contributed by atoms with Gasteiger partial charge in [0, 0.05) is 12.2 Å². The monoisotopic (exact) mass is 258 g/mol. The zero-order valence-corrected chi connectivity index (χ0v) is 11.5. The summed E-state index contributed by atoms with van der Waals surface area (Å²) in [5.74, 6) is 2.42. The minimum absolute atomic E-state index is 0.0121. The van der Waals surface area contributed by atoms with E-state index in [0.29, 0.717) is 17.2 Å². The number of nitrogen functional groups attached to an aromatic ring is 1. The van der Waals surface area contributed by atoms with Crippen LogP contribution in [0.25, 0.3) is 0 Å². The first-order valence-electron chi connectivity index (χ1n) is 7.30. The third-order valence-electron chi connectivity index (χ3n) is 4.49. The summed E-state index contributed by atoms with van der Waals surface area (Å²) in [5, 5.41) is 3.10. The lowest BCUT2D eigenvalue weighted by atomic mass is 9.97. The molecule has 3 heteroatoms. The lowest BCUT2D eigenvalue weighted by Gasteiger charge is -2.17. The maximum absolute atomic E-state index is 12.3. The van der Waals surface area contributed by atoms with E-state index in [1.807, 2.05) is 19.1 Å². The number of carbonyl (C=O) groups excluding carboxylic acids is 1. The molecule has 2 aliphatic rings. The number of anilines is 1. The highest BCUT2D eigenvalue weighted by Gasteiger charge is 2.41. The smallest absolute Gasteiger partial charge is 0.253 e. The van der Waals surface area contributed by atoms with E-state index in [4.69, 9.17) is 5.73 Å². The Labute approximate surface area is 114 Å². The molecule has 3 N–H and O–H groups in total. The summed E-state index contributed by atoms with van der Waals surface area (Å²) in [5.41, 5.74) is 8.08. The molecule has 2 aliphatic carbocycles. The Morgan fingerprint density at radius 3 is 2.47 bits per heavy atom. The molecule has 3 rings (SSSR count). The molecule has 0 aliphatic heterocycles. The van der Waals surface area contributed by atoms with Gasteiger partial charge < -0.3 is 11.1 Å². The minimum atomic E-state index is -0.0121. The Bertz CT molecular complexity index is 457. The lowest BCUT2D eigenvalue weighted by molar-refractivity contribution is 0.0943. The number of carbonyl (C=O) groups is 1. The van der Waals surface area contributed by atoms with Crippen LogP contribution in [0.3, 0.4) is 0 Å². The van der Waals surface area contributed by atoms with Gasteiger partial charge in [0.05, 0.1) is 5.56 Å². The van der Waals surface area contributed by atoms with Crippen molar-refractivity contribution in [2.24, 2.45) is 17.8 Å². The van der Waals surface area contributed by atoms with Crippen molar-refractivity contribution in [1.82, 2.24) is 5.32 Å². The van der Waals surface area contributed by atoms with Crippen molar-refractivity contribution >= 4 is 11.6 Å². The summed E-state index contributed by atoms with van der Waals surface area (Å²) in [6.07, 6.45) is 5.40. The van der Waals surface area contributed by atoms with E-state index >= 15 is 0 Å². The van der Waals surface area contributed by atoms with Gasteiger partial charge in [-0.3, -0.25) is 4.79 Å². The topological polar surface area (TPSA) is 55.1 Å². The Morgan fingerprint density at radius 1 is 1.32 bits per heavy atom. The second kappa shape index (κ2) is 4.87. The van der Waals surface area contributed by atoms with Crippen LogP contribution in [0, 0.1) is 24.7 Å². The number of aryl methyl sites for hydroxylation is 1. The zero-order chi connectivity index (χ0) is 13.4. The van der Waals surface area contributed by atoms with Crippen LogP contribution in [-0.2, 0) is 0 Å². The molecule has 19 heavy (non-hydrogen) atoms. The van der Waals surface area contributed by atoms with Gasteiger partial charge in [-0.05, 0) is 62.0 Å². The molecule has 1 amide bonds. The van der Waals surface area contributed by atoms with E-state index in [2.05, 4.69) is 5.32 Å². The molecule has 0 unspecified atom stereocenters. The number of nitrogens with one attached hydrogen (secondary N) is 1. The number of nitrogens with two attached hydrogens (primary N) is 1. The van der Waals surface area contributed by atoms with E-state index in [1.54, 1.807) is 6.07 Å². The molecule has 1 aromatic rings. The molecule has 0 heterocycles. The van der Waals surface area contributed by atoms with E-state index in [9.17, 15) is 4.79 Å². The number of hydrogen-bond acceptors (Lipinski definition) is 2. The number of amides is 1. The highest BCUT2D eigenvalue weighted by Crippen LogP contribution is 2.48. The van der Waals surface area contributed by atoms with Crippen molar-refractivity contribution in [3.63, 3.8) is 0 Å². The van der Waals surface area contributed by atoms with Crippen LogP contribution in [-0.4, -0.2) is 12.5 Å². The Morgan fingerprint density at radius 2 is 1.95 bits per heavy atom. The largest absolute Gasteiger partial charge is 0.398 e. The molecule has 0 atom stereocenters. The Hall–Kier alpha value is -1.51. The van der Waals surface area contributed by atoms with Gasteiger partial charge in [-0.25, -0.2) is 0 Å². The van der Waals surface area contributed by atoms with Crippen molar-refractivity contribution in [2.45, 2.75) is 32.6 Å². The van der Waals surface area contributed by atoms with E-state index in [-0.39, 0.29) is 5.91 Å². The average Bonchev–Trinajstić information content (AvgIpc) is 3.24. The molecule has 1 aromatic carbocycles. The molecule has 2 fully saturated rings. The predicted octanol–water partition coefficient (Wildman–Crippen LogP) is 2.74. The van der Waals surface area contributed by atoms with Crippen LogP contribution < -0.4 is 11.1 Å². The lowest BCUT2D eigenvalue weighted by Crippen LogP contribution is -2.32. The Balaban J connectivity index is 1.64. The van der Waals surface area contributed by atoms with Crippen molar-refractivity contribution < 1.29 is 4.79 Å². The number of rotatable bonds is 5. The maximum Gasteiger partial charge on any atom is 0.253 e. The highest BCUT2D eigenvalue weighted by atomic mass is 16.1.